The fraction of sp³-hybridized carbons (Fsp3) is 0. The number of aromatic nitrogens is 7. The van der Waals surface area contributed by atoms with Gasteiger partial charge in [-0.1, -0.05) is 133 Å². The molecule has 5 heterocycles. The van der Waals surface area contributed by atoms with E-state index >= 15 is 0 Å². The van der Waals surface area contributed by atoms with Crippen LogP contribution in [0.5, 0.6) is 0 Å². The van der Waals surface area contributed by atoms with Crippen LogP contribution in [0, 0.1) is 0 Å². The molecule has 8 aromatic carbocycles. The molecule has 5 aromatic heterocycles. The average molecular weight is 768 g/mol. The van der Waals surface area contributed by atoms with Crippen LogP contribution in [-0.4, -0.2) is 33.1 Å². The maximum absolute atomic E-state index is 5.54. The fourth-order valence-electron chi connectivity index (χ4n) is 9.36. The van der Waals surface area contributed by atoms with Gasteiger partial charge < -0.3 is 4.57 Å². The first-order valence-electron chi connectivity index (χ1n) is 20.2. The smallest absolute Gasteiger partial charge is 0.238 e. The van der Waals surface area contributed by atoms with Crippen LogP contribution in [0.25, 0.3) is 111 Å². The zero-order valence-corrected chi connectivity index (χ0v) is 32.2. The molecule has 0 aliphatic carbocycles. The molecule has 0 N–H and O–H groups in total. The van der Waals surface area contributed by atoms with Crippen LogP contribution in [-0.2, 0) is 0 Å². The second kappa shape index (κ2) is 12.6. The lowest BCUT2D eigenvalue weighted by Gasteiger charge is -2.11. The summed E-state index contributed by atoms with van der Waals surface area (Å²) < 4.78 is 9.07. The van der Waals surface area contributed by atoms with Crippen molar-refractivity contribution in [2.75, 3.05) is 0 Å². The highest BCUT2D eigenvalue weighted by Crippen LogP contribution is 2.40. The second-order valence-electron chi connectivity index (χ2n) is 15.3. The minimum Gasteiger partial charge on any atom is -0.309 e. The van der Waals surface area contributed by atoms with Gasteiger partial charge in [-0.2, -0.15) is 4.98 Å². The van der Waals surface area contributed by atoms with Gasteiger partial charge in [-0.05, 0) is 77.9 Å². The summed E-state index contributed by atoms with van der Waals surface area (Å²) in [5.41, 5.74) is 14.6. The normalized spacial score (nSPS) is 12.0. The lowest BCUT2D eigenvalue weighted by Crippen LogP contribution is -2.04. The van der Waals surface area contributed by atoms with Crippen LogP contribution >= 0.6 is 0 Å². The Kier molecular flexibility index (Phi) is 6.88. The molecular formula is C53H33N7. The molecule has 7 nitrogen and oxygen atoms in total. The molecule has 0 radical (unpaired) electrons. The minimum absolute atomic E-state index is 0.564. The predicted octanol–water partition coefficient (Wildman–Crippen LogP) is 12.7. The SMILES string of the molecule is c1ccc(-c2nc(-n3c4cc(-c5ccc6c(c5)c5ccccc5n6-c5ccccc5)ccc4n4c5c6ccccc6n(-c6ccccc6)c5nc34)nc3ccccc23)cc1. The summed E-state index contributed by atoms with van der Waals surface area (Å²) in [6, 6.07) is 70.6. The predicted molar refractivity (Wildman–Crippen MR) is 245 cm³/mol. The molecular weight excluding hydrogens is 735 g/mol. The van der Waals surface area contributed by atoms with Crippen molar-refractivity contribution in [2.24, 2.45) is 0 Å². The third-order valence-electron chi connectivity index (χ3n) is 12.0. The average Bonchev–Trinajstić information content (AvgIpc) is 4.04. The van der Waals surface area contributed by atoms with Gasteiger partial charge in [0.1, 0.15) is 5.52 Å². The number of imidazole rings is 2. The topological polar surface area (TPSA) is 57.9 Å². The molecule has 13 rings (SSSR count). The highest BCUT2D eigenvalue weighted by atomic mass is 15.3. The van der Waals surface area contributed by atoms with Gasteiger partial charge in [-0.15, -0.1) is 0 Å². The van der Waals surface area contributed by atoms with Gasteiger partial charge >= 0.3 is 0 Å². The Morgan fingerprint density at radius 1 is 0.333 bits per heavy atom. The van der Waals surface area contributed by atoms with Crippen LogP contribution < -0.4 is 0 Å². The van der Waals surface area contributed by atoms with E-state index in [4.69, 9.17) is 15.0 Å². The van der Waals surface area contributed by atoms with Crippen molar-refractivity contribution >= 4 is 71.6 Å². The lowest BCUT2D eigenvalue weighted by atomic mass is 10.0. The minimum atomic E-state index is 0.564. The van der Waals surface area contributed by atoms with Crippen molar-refractivity contribution < 1.29 is 0 Å². The first kappa shape index (κ1) is 32.8. The Hall–Kier alpha value is -8.29. The van der Waals surface area contributed by atoms with Gasteiger partial charge in [-0.25, -0.2) is 14.5 Å². The summed E-state index contributed by atoms with van der Waals surface area (Å²) in [6.07, 6.45) is 0. The van der Waals surface area contributed by atoms with Crippen LogP contribution in [0.2, 0.25) is 0 Å². The second-order valence-corrected chi connectivity index (χ2v) is 15.3. The number of nitrogens with zero attached hydrogens (tertiary/aromatic N) is 7. The molecule has 0 atom stereocenters. The Labute approximate surface area is 343 Å². The Morgan fingerprint density at radius 2 is 0.900 bits per heavy atom. The number of fused-ring (bicyclic) bond motifs is 11. The molecule has 0 unspecified atom stereocenters. The first-order valence-corrected chi connectivity index (χ1v) is 20.2. The number of hydrogen-bond acceptors (Lipinski definition) is 3. The molecule has 0 saturated heterocycles. The molecule has 0 bridgehead atoms. The van der Waals surface area contributed by atoms with Crippen molar-refractivity contribution in [3.8, 4) is 39.7 Å². The quantitative estimate of drug-likeness (QED) is 0.175. The van der Waals surface area contributed by atoms with E-state index in [9.17, 15) is 0 Å². The maximum Gasteiger partial charge on any atom is 0.238 e. The van der Waals surface area contributed by atoms with Crippen molar-refractivity contribution in [1.82, 2.24) is 33.1 Å². The summed E-state index contributed by atoms with van der Waals surface area (Å²) in [6.45, 7) is 0. The molecule has 0 spiro atoms. The van der Waals surface area contributed by atoms with E-state index in [0.29, 0.717) is 5.95 Å². The van der Waals surface area contributed by atoms with Crippen LogP contribution in [0.1, 0.15) is 0 Å². The van der Waals surface area contributed by atoms with E-state index in [0.717, 1.165) is 83.5 Å². The Bertz CT molecular complexity index is 3820. The van der Waals surface area contributed by atoms with Gasteiger partial charge in [-0.3, -0.25) is 8.97 Å². The molecule has 0 fully saturated rings. The molecule has 0 aliphatic rings. The lowest BCUT2D eigenvalue weighted by molar-refractivity contribution is 0.984. The highest BCUT2D eigenvalue weighted by Gasteiger charge is 2.26. The van der Waals surface area contributed by atoms with Gasteiger partial charge in [0.2, 0.25) is 11.7 Å². The van der Waals surface area contributed by atoms with E-state index < -0.39 is 0 Å². The van der Waals surface area contributed by atoms with Gasteiger partial charge in [0.05, 0.1) is 38.8 Å². The van der Waals surface area contributed by atoms with E-state index in [1.165, 1.54) is 21.8 Å². The number of rotatable bonds is 5. The van der Waals surface area contributed by atoms with Crippen LogP contribution in [0.4, 0.5) is 0 Å². The fourth-order valence-corrected chi connectivity index (χ4v) is 9.36. The Morgan fingerprint density at radius 3 is 1.65 bits per heavy atom. The zero-order chi connectivity index (χ0) is 39.3. The summed E-state index contributed by atoms with van der Waals surface area (Å²) in [5, 5.41) is 4.55. The summed E-state index contributed by atoms with van der Waals surface area (Å²) in [4.78, 5) is 16.2. The van der Waals surface area contributed by atoms with Gasteiger partial charge in [0.25, 0.3) is 0 Å². The van der Waals surface area contributed by atoms with E-state index in [2.05, 4.69) is 206 Å². The molecule has 60 heavy (non-hydrogen) atoms. The summed E-state index contributed by atoms with van der Waals surface area (Å²) in [5.74, 6) is 1.31. The van der Waals surface area contributed by atoms with Crippen LogP contribution in [0.3, 0.4) is 0 Å². The molecule has 7 heteroatoms. The number of para-hydroxylation sites is 5. The largest absolute Gasteiger partial charge is 0.309 e. The standard InChI is InChI=1S/C53H33N7/c1-4-16-34(17-5-1)49-40-23-10-13-25-43(40)54-52(55-49)60-48-33-36(35-28-30-46-42(32-35)39-22-11-14-26-44(39)57(46)37-18-6-2-7-19-37)29-31-47(48)59-50-41-24-12-15-27-45(41)58(51(50)56-53(59)60)38-20-8-3-9-21-38/h1-33H. The van der Waals surface area contributed by atoms with Crippen molar-refractivity contribution in [3.63, 3.8) is 0 Å². The molecule has 0 amide bonds. The zero-order valence-electron chi connectivity index (χ0n) is 32.2. The summed E-state index contributed by atoms with van der Waals surface area (Å²) in [7, 11) is 0. The van der Waals surface area contributed by atoms with Gasteiger partial charge in [0, 0.05) is 38.5 Å². The van der Waals surface area contributed by atoms with Crippen molar-refractivity contribution in [1.29, 1.82) is 0 Å². The molecule has 0 saturated carbocycles. The molecule has 13 aromatic rings. The highest BCUT2D eigenvalue weighted by molar-refractivity contribution is 6.12. The third kappa shape index (κ3) is 4.68. The Balaban J connectivity index is 1.12. The van der Waals surface area contributed by atoms with E-state index in [1.54, 1.807) is 0 Å². The molecule has 280 valence electrons. The summed E-state index contributed by atoms with van der Waals surface area (Å²) >= 11 is 0. The monoisotopic (exact) mass is 767 g/mol. The number of hydrogen-bond donors (Lipinski definition) is 0. The van der Waals surface area contributed by atoms with Crippen molar-refractivity contribution in [2.45, 2.75) is 0 Å². The van der Waals surface area contributed by atoms with E-state index in [-0.39, 0.29) is 0 Å². The van der Waals surface area contributed by atoms with Crippen molar-refractivity contribution in [3.05, 3.63) is 200 Å². The molecule has 0 aliphatic heterocycles. The van der Waals surface area contributed by atoms with E-state index in [1.807, 2.05) is 12.1 Å². The first-order chi connectivity index (χ1) is 29.8. The number of benzene rings is 8. The van der Waals surface area contributed by atoms with Gasteiger partial charge in [0.15, 0.2) is 5.65 Å². The maximum atomic E-state index is 5.54. The van der Waals surface area contributed by atoms with Crippen LogP contribution in [0.15, 0.2) is 200 Å². The third-order valence-corrected chi connectivity index (χ3v) is 12.0.